The number of aromatic nitrogens is 2. The third-order valence-electron chi connectivity index (χ3n) is 3.45. The standard InChI is InChI=1S/C15H17N3O2S/c1-20-12-4-2-3-10(7-12)13-8-14(18-17-13)15(19)16-11-5-6-21-9-11/h2-4,7-8,11H,5-6,9H2,1H3,(H,16,19)(H,17,18)/t11-/m1/s1. The highest BCUT2D eigenvalue weighted by Crippen LogP contribution is 2.23. The molecule has 5 nitrogen and oxygen atoms in total. The molecule has 2 heterocycles. The highest BCUT2D eigenvalue weighted by molar-refractivity contribution is 7.99. The van der Waals surface area contributed by atoms with Gasteiger partial charge in [0.05, 0.1) is 12.8 Å². The summed E-state index contributed by atoms with van der Waals surface area (Å²) in [5, 5.41) is 10.0. The van der Waals surface area contributed by atoms with Crippen LogP contribution in [-0.4, -0.2) is 40.8 Å². The number of carbonyl (C=O) groups is 1. The maximum Gasteiger partial charge on any atom is 0.269 e. The highest BCUT2D eigenvalue weighted by atomic mass is 32.2. The number of H-pyrrole nitrogens is 1. The molecule has 1 fully saturated rings. The van der Waals surface area contributed by atoms with Gasteiger partial charge >= 0.3 is 0 Å². The summed E-state index contributed by atoms with van der Waals surface area (Å²) in [7, 11) is 1.63. The van der Waals surface area contributed by atoms with Crippen LogP contribution in [0.15, 0.2) is 30.3 Å². The van der Waals surface area contributed by atoms with Crippen LogP contribution in [0, 0.1) is 0 Å². The minimum atomic E-state index is -0.0934. The molecule has 110 valence electrons. The molecule has 2 N–H and O–H groups in total. The Morgan fingerprint density at radius 3 is 3.14 bits per heavy atom. The van der Waals surface area contributed by atoms with Gasteiger partial charge in [-0.1, -0.05) is 12.1 Å². The van der Waals surface area contributed by atoms with Crippen molar-refractivity contribution < 1.29 is 9.53 Å². The first-order valence-corrected chi connectivity index (χ1v) is 8.00. The Bertz CT molecular complexity index is 635. The zero-order valence-electron chi connectivity index (χ0n) is 11.8. The molecule has 1 amide bonds. The van der Waals surface area contributed by atoms with Crippen LogP contribution in [0.1, 0.15) is 16.9 Å². The fraction of sp³-hybridized carbons (Fsp3) is 0.333. The molecule has 21 heavy (non-hydrogen) atoms. The summed E-state index contributed by atoms with van der Waals surface area (Å²) in [5.41, 5.74) is 2.14. The molecule has 1 atom stereocenters. The Morgan fingerprint density at radius 2 is 2.38 bits per heavy atom. The van der Waals surface area contributed by atoms with Crippen LogP contribution in [0.5, 0.6) is 5.75 Å². The van der Waals surface area contributed by atoms with Gasteiger partial charge in [-0.15, -0.1) is 0 Å². The molecule has 1 aromatic heterocycles. The van der Waals surface area contributed by atoms with E-state index in [0.29, 0.717) is 5.69 Å². The quantitative estimate of drug-likeness (QED) is 0.909. The lowest BCUT2D eigenvalue weighted by molar-refractivity contribution is 0.0936. The minimum Gasteiger partial charge on any atom is -0.497 e. The summed E-state index contributed by atoms with van der Waals surface area (Å²) in [6, 6.07) is 9.65. The number of ether oxygens (including phenoxy) is 1. The van der Waals surface area contributed by atoms with E-state index < -0.39 is 0 Å². The summed E-state index contributed by atoms with van der Waals surface area (Å²) in [6.45, 7) is 0. The average molecular weight is 303 g/mol. The number of methoxy groups -OCH3 is 1. The Balaban J connectivity index is 1.74. The molecule has 1 saturated heterocycles. The van der Waals surface area contributed by atoms with E-state index in [1.165, 1.54) is 0 Å². The van der Waals surface area contributed by atoms with Gasteiger partial charge < -0.3 is 10.1 Å². The van der Waals surface area contributed by atoms with Crippen LogP contribution in [0.4, 0.5) is 0 Å². The molecule has 0 radical (unpaired) electrons. The fourth-order valence-electron chi connectivity index (χ4n) is 2.28. The van der Waals surface area contributed by atoms with E-state index in [-0.39, 0.29) is 11.9 Å². The van der Waals surface area contributed by atoms with Crippen molar-refractivity contribution in [2.45, 2.75) is 12.5 Å². The maximum atomic E-state index is 12.2. The number of carbonyl (C=O) groups excluding carboxylic acids is 1. The van der Waals surface area contributed by atoms with Gasteiger partial charge in [0.2, 0.25) is 0 Å². The van der Waals surface area contributed by atoms with E-state index in [4.69, 9.17) is 4.74 Å². The van der Waals surface area contributed by atoms with Crippen molar-refractivity contribution in [1.29, 1.82) is 0 Å². The second-order valence-corrected chi connectivity index (χ2v) is 6.08. The molecular weight excluding hydrogens is 286 g/mol. The molecule has 1 aromatic carbocycles. The first kappa shape index (κ1) is 14.0. The summed E-state index contributed by atoms with van der Waals surface area (Å²) in [6.07, 6.45) is 1.04. The lowest BCUT2D eigenvalue weighted by Gasteiger charge is -2.09. The number of aromatic amines is 1. The van der Waals surface area contributed by atoms with Crippen molar-refractivity contribution in [3.63, 3.8) is 0 Å². The molecule has 0 aliphatic carbocycles. The Labute approximate surface area is 127 Å². The summed E-state index contributed by atoms with van der Waals surface area (Å²) in [5.74, 6) is 2.78. The van der Waals surface area contributed by atoms with Crippen LogP contribution in [0.2, 0.25) is 0 Å². The normalized spacial score (nSPS) is 17.7. The lowest BCUT2D eigenvalue weighted by atomic mass is 10.1. The monoisotopic (exact) mass is 303 g/mol. The predicted octanol–water partition coefficient (Wildman–Crippen LogP) is 2.32. The van der Waals surface area contributed by atoms with E-state index in [2.05, 4.69) is 15.5 Å². The van der Waals surface area contributed by atoms with E-state index >= 15 is 0 Å². The smallest absolute Gasteiger partial charge is 0.269 e. The van der Waals surface area contributed by atoms with Gasteiger partial charge in [0.15, 0.2) is 0 Å². The van der Waals surface area contributed by atoms with Gasteiger partial charge in [0, 0.05) is 17.4 Å². The van der Waals surface area contributed by atoms with Crippen LogP contribution in [0.25, 0.3) is 11.3 Å². The summed E-state index contributed by atoms with van der Waals surface area (Å²) < 4.78 is 5.20. The number of nitrogens with zero attached hydrogens (tertiary/aromatic N) is 1. The Hall–Kier alpha value is -1.95. The van der Waals surface area contributed by atoms with E-state index in [0.717, 1.165) is 34.9 Å². The molecule has 1 aliphatic rings. The number of benzene rings is 1. The Kier molecular flexibility index (Phi) is 4.15. The zero-order valence-corrected chi connectivity index (χ0v) is 12.6. The molecule has 0 spiro atoms. The molecule has 1 aliphatic heterocycles. The fourth-order valence-corrected chi connectivity index (χ4v) is 3.43. The third kappa shape index (κ3) is 3.21. The molecule has 0 saturated carbocycles. The Morgan fingerprint density at radius 1 is 1.48 bits per heavy atom. The molecule has 2 aromatic rings. The highest BCUT2D eigenvalue weighted by Gasteiger charge is 2.19. The van der Waals surface area contributed by atoms with Crippen molar-refractivity contribution in [2.75, 3.05) is 18.6 Å². The van der Waals surface area contributed by atoms with Crippen LogP contribution in [-0.2, 0) is 0 Å². The summed E-state index contributed by atoms with van der Waals surface area (Å²) in [4.78, 5) is 12.2. The first-order valence-electron chi connectivity index (χ1n) is 6.84. The van der Waals surface area contributed by atoms with Gasteiger partial charge in [-0.2, -0.15) is 16.9 Å². The van der Waals surface area contributed by atoms with Crippen molar-refractivity contribution >= 4 is 17.7 Å². The van der Waals surface area contributed by atoms with Crippen molar-refractivity contribution in [3.8, 4) is 17.0 Å². The number of amides is 1. The van der Waals surface area contributed by atoms with Crippen molar-refractivity contribution in [3.05, 3.63) is 36.0 Å². The van der Waals surface area contributed by atoms with Crippen LogP contribution >= 0.6 is 11.8 Å². The summed E-state index contributed by atoms with van der Waals surface area (Å²) >= 11 is 1.87. The third-order valence-corrected chi connectivity index (χ3v) is 4.62. The SMILES string of the molecule is COc1cccc(-c2cc(C(=O)N[C@@H]3CCSC3)[nH]n2)c1. The second-order valence-electron chi connectivity index (χ2n) is 4.93. The average Bonchev–Trinajstić information content (AvgIpc) is 3.18. The largest absolute Gasteiger partial charge is 0.497 e. The van der Waals surface area contributed by atoms with E-state index in [1.54, 1.807) is 13.2 Å². The number of rotatable bonds is 4. The van der Waals surface area contributed by atoms with Crippen LogP contribution in [0.3, 0.4) is 0 Å². The van der Waals surface area contributed by atoms with Gasteiger partial charge in [-0.05, 0) is 30.4 Å². The zero-order chi connectivity index (χ0) is 14.7. The molecule has 0 bridgehead atoms. The molecule has 6 heteroatoms. The van der Waals surface area contributed by atoms with Gasteiger partial charge in [0.25, 0.3) is 5.91 Å². The molecular formula is C15H17N3O2S. The lowest BCUT2D eigenvalue weighted by Crippen LogP contribution is -2.34. The van der Waals surface area contributed by atoms with Gasteiger partial charge in [-0.3, -0.25) is 9.89 Å². The number of hydrogen-bond acceptors (Lipinski definition) is 4. The van der Waals surface area contributed by atoms with Crippen molar-refractivity contribution in [2.24, 2.45) is 0 Å². The van der Waals surface area contributed by atoms with Gasteiger partial charge in [0.1, 0.15) is 11.4 Å². The van der Waals surface area contributed by atoms with E-state index in [9.17, 15) is 4.79 Å². The number of hydrogen-bond donors (Lipinski definition) is 2. The van der Waals surface area contributed by atoms with Crippen molar-refractivity contribution in [1.82, 2.24) is 15.5 Å². The second kappa shape index (κ2) is 6.22. The van der Waals surface area contributed by atoms with E-state index in [1.807, 2.05) is 36.0 Å². The topological polar surface area (TPSA) is 67.0 Å². The number of thioether (sulfide) groups is 1. The first-order chi connectivity index (χ1) is 10.3. The molecule has 0 unspecified atom stereocenters. The van der Waals surface area contributed by atoms with Gasteiger partial charge in [-0.25, -0.2) is 0 Å². The number of nitrogens with one attached hydrogen (secondary N) is 2. The predicted molar refractivity (Wildman–Crippen MR) is 83.8 cm³/mol. The van der Waals surface area contributed by atoms with Crippen LogP contribution < -0.4 is 10.1 Å². The maximum absolute atomic E-state index is 12.2. The molecule has 3 rings (SSSR count). The minimum absolute atomic E-state index is 0.0934.